The summed E-state index contributed by atoms with van der Waals surface area (Å²) >= 11 is 0. The van der Waals surface area contributed by atoms with Gasteiger partial charge in [-0.05, 0) is 24.1 Å². The number of nitrogens with one attached hydrogen (secondary N) is 1. The summed E-state index contributed by atoms with van der Waals surface area (Å²) in [4.78, 5) is 32.9. The van der Waals surface area contributed by atoms with Crippen LogP contribution in [-0.4, -0.2) is 35.1 Å². The lowest BCUT2D eigenvalue weighted by molar-refractivity contribution is -0.385. The highest BCUT2D eigenvalue weighted by Gasteiger charge is 2.19. The molecule has 0 fully saturated rings. The molecular formula is C17H16N2O6. The molecule has 0 radical (unpaired) electrons. The maximum absolute atomic E-state index is 11.8. The third-order valence-electron chi connectivity index (χ3n) is 3.34. The third kappa shape index (κ3) is 5.31. The number of nitrogens with zero attached hydrogens (tertiary/aromatic N) is 1. The van der Waals surface area contributed by atoms with Crippen molar-refractivity contribution in [3.05, 3.63) is 69.8 Å². The fraction of sp³-hybridized carbons (Fsp3) is 0.176. The fourth-order valence-corrected chi connectivity index (χ4v) is 2.10. The van der Waals surface area contributed by atoms with Gasteiger partial charge < -0.3 is 15.2 Å². The molecule has 0 unspecified atom stereocenters. The van der Waals surface area contributed by atoms with Crippen molar-refractivity contribution in [2.45, 2.75) is 6.42 Å². The Labute approximate surface area is 143 Å². The monoisotopic (exact) mass is 344 g/mol. The molecule has 8 heteroatoms. The van der Waals surface area contributed by atoms with E-state index in [9.17, 15) is 19.7 Å². The first-order chi connectivity index (χ1) is 12.0. The van der Waals surface area contributed by atoms with Gasteiger partial charge >= 0.3 is 11.7 Å². The van der Waals surface area contributed by atoms with Gasteiger partial charge in [0.2, 0.25) is 0 Å². The zero-order valence-electron chi connectivity index (χ0n) is 13.2. The second-order valence-electron chi connectivity index (χ2n) is 5.12. The van der Waals surface area contributed by atoms with Gasteiger partial charge in [0.15, 0.2) is 12.4 Å². The van der Waals surface area contributed by atoms with E-state index in [0.29, 0.717) is 13.0 Å². The Hall–Kier alpha value is -3.42. The molecule has 25 heavy (non-hydrogen) atoms. The lowest BCUT2D eigenvalue weighted by atomic mass is 10.1. The SMILES string of the molecule is O=C(COc1ccc(C(=O)O)cc1[N+](=O)[O-])NCCc1ccccc1. The van der Waals surface area contributed by atoms with Crippen LogP contribution in [0.4, 0.5) is 5.69 Å². The lowest BCUT2D eigenvalue weighted by Crippen LogP contribution is -2.30. The van der Waals surface area contributed by atoms with Crippen molar-refractivity contribution in [1.29, 1.82) is 0 Å². The summed E-state index contributed by atoms with van der Waals surface area (Å²) in [6, 6.07) is 12.8. The molecule has 8 nitrogen and oxygen atoms in total. The van der Waals surface area contributed by atoms with Gasteiger partial charge in [0.25, 0.3) is 5.91 Å². The molecule has 0 saturated carbocycles. The molecule has 0 aliphatic rings. The van der Waals surface area contributed by atoms with Gasteiger partial charge in [0, 0.05) is 12.6 Å². The van der Waals surface area contributed by atoms with Gasteiger partial charge in [0.1, 0.15) is 0 Å². The molecule has 1 amide bonds. The van der Waals surface area contributed by atoms with E-state index >= 15 is 0 Å². The van der Waals surface area contributed by atoms with Gasteiger partial charge in [-0.15, -0.1) is 0 Å². The largest absolute Gasteiger partial charge is 0.478 e. The summed E-state index contributed by atoms with van der Waals surface area (Å²) in [6.07, 6.45) is 0.653. The van der Waals surface area contributed by atoms with Crippen LogP contribution >= 0.6 is 0 Å². The number of carbonyl (C=O) groups is 2. The first kappa shape index (κ1) is 17.9. The Kier molecular flexibility index (Phi) is 6.05. The Balaban J connectivity index is 1.88. The number of rotatable bonds is 8. The molecule has 2 aromatic rings. The number of carboxylic acids is 1. The van der Waals surface area contributed by atoms with E-state index in [1.165, 1.54) is 12.1 Å². The topological polar surface area (TPSA) is 119 Å². The van der Waals surface area contributed by atoms with Gasteiger partial charge in [-0.3, -0.25) is 14.9 Å². The highest BCUT2D eigenvalue weighted by molar-refractivity contribution is 5.89. The van der Waals surface area contributed by atoms with E-state index < -0.39 is 29.1 Å². The summed E-state index contributed by atoms with van der Waals surface area (Å²) in [7, 11) is 0. The van der Waals surface area contributed by atoms with Crippen LogP contribution in [0.15, 0.2) is 48.5 Å². The minimum atomic E-state index is -1.28. The number of benzene rings is 2. The average Bonchev–Trinajstić information content (AvgIpc) is 2.60. The Morgan fingerprint density at radius 1 is 1.16 bits per heavy atom. The first-order valence-electron chi connectivity index (χ1n) is 7.42. The zero-order chi connectivity index (χ0) is 18.2. The summed E-state index contributed by atoms with van der Waals surface area (Å²) in [5, 5.41) is 22.5. The molecule has 0 aliphatic heterocycles. The van der Waals surface area contributed by atoms with Crippen LogP contribution in [0.1, 0.15) is 15.9 Å². The Bertz CT molecular complexity index is 776. The molecule has 0 aliphatic carbocycles. The van der Waals surface area contributed by atoms with Crippen LogP contribution in [0, 0.1) is 10.1 Å². The minimum absolute atomic E-state index is 0.159. The van der Waals surface area contributed by atoms with Crippen molar-refractivity contribution in [3.8, 4) is 5.75 Å². The number of hydrogen-bond acceptors (Lipinski definition) is 5. The Morgan fingerprint density at radius 3 is 2.52 bits per heavy atom. The predicted molar refractivity (Wildman–Crippen MR) is 88.7 cm³/mol. The summed E-state index contributed by atoms with van der Waals surface area (Å²) in [5.41, 5.74) is 0.340. The number of carbonyl (C=O) groups excluding carboxylic acids is 1. The third-order valence-corrected chi connectivity index (χ3v) is 3.34. The second kappa shape index (κ2) is 8.44. The molecule has 2 N–H and O–H groups in total. The van der Waals surface area contributed by atoms with Gasteiger partial charge in [0.05, 0.1) is 10.5 Å². The molecule has 0 saturated heterocycles. The van der Waals surface area contributed by atoms with Crippen LogP contribution in [0.2, 0.25) is 0 Å². The summed E-state index contributed by atoms with van der Waals surface area (Å²) in [5.74, 6) is -1.87. The van der Waals surface area contributed by atoms with E-state index in [-0.39, 0.29) is 11.3 Å². The van der Waals surface area contributed by atoms with Crippen molar-refractivity contribution >= 4 is 17.6 Å². The molecule has 0 heterocycles. The van der Waals surface area contributed by atoms with Crippen molar-refractivity contribution < 1.29 is 24.4 Å². The normalized spacial score (nSPS) is 10.1. The number of carboxylic acid groups (broad SMARTS) is 1. The van der Waals surface area contributed by atoms with E-state index in [2.05, 4.69) is 5.32 Å². The smallest absolute Gasteiger partial charge is 0.335 e. The number of nitro benzene ring substituents is 1. The van der Waals surface area contributed by atoms with Crippen molar-refractivity contribution in [2.24, 2.45) is 0 Å². The Morgan fingerprint density at radius 2 is 1.88 bits per heavy atom. The van der Waals surface area contributed by atoms with Gasteiger partial charge in [-0.2, -0.15) is 0 Å². The maximum atomic E-state index is 11.8. The average molecular weight is 344 g/mol. The molecule has 2 rings (SSSR count). The lowest BCUT2D eigenvalue weighted by Gasteiger charge is -2.08. The summed E-state index contributed by atoms with van der Waals surface area (Å²) < 4.78 is 5.15. The highest BCUT2D eigenvalue weighted by Crippen LogP contribution is 2.27. The van der Waals surface area contributed by atoms with Crippen LogP contribution in [-0.2, 0) is 11.2 Å². The van der Waals surface area contributed by atoms with E-state index in [1.807, 2.05) is 30.3 Å². The predicted octanol–water partition coefficient (Wildman–Crippen LogP) is 2.03. The summed E-state index contributed by atoms with van der Waals surface area (Å²) in [6.45, 7) is 0.00823. The minimum Gasteiger partial charge on any atom is -0.478 e. The number of amides is 1. The molecule has 130 valence electrons. The van der Waals surface area contributed by atoms with Crippen molar-refractivity contribution in [3.63, 3.8) is 0 Å². The number of ether oxygens (including phenoxy) is 1. The standard InChI is InChI=1S/C17H16N2O6/c20-16(18-9-8-12-4-2-1-3-5-12)11-25-15-7-6-13(17(21)22)10-14(15)19(23)24/h1-7,10H,8-9,11H2,(H,18,20)(H,21,22). The molecule has 2 aromatic carbocycles. The van der Waals surface area contributed by atoms with Crippen LogP contribution in [0.25, 0.3) is 0 Å². The highest BCUT2D eigenvalue weighted by atomic mass is 16.6. The fourth-order valence-electron chi connectivity index (χ4n) is 2.10. The van der Waals surface area contributed by atoms with Crippen LogP contribution in [0.5, 0.6) is 5.75 Å². The molecular weight excluding hydrogens is 328 g/mol. The molecule has 0 bridgehead atoms. The van der Waals surface area contributed by atoms with Crippen molar-refractivity contribution in [2.75, 3.05) is 13.2 Å². The van der Waals surface area contributed by atoms with E-state index in [4.69, 9.17) is 9.84 Å². The first-order valence-corrected chi connectivity index (χ1v) is 7.42. The zero-order valence-corrected chi connectivity index (χ0v) is 13.2. The van der Waals surface area contributed by atoms with Gasteiger partial charge in [-0.1, -0.05) is 30.3 Å². The molecule has 0 atom stereocenters. The number of hydrogen-bond donors (Lipinski definition) is 2. The molecule has 0 aromatic heterocycles. The van der Waals surface area contributed by atoms with Crippen LogP contribution in [0.3, 0.4) is 0 Å². The number of aromatic carboxylic acids is 1. The number of nitro groups is 1. The van der Waals surface area contributed by atoms with Crippen LogP contribution < -0.4 is 10.1 Å². The quantitative estimate of drug-likeness (QED) is 0.559. The van der Waals surface area contributed by atoms with Crippen molar-refractivity contribution in [1.82, 2.24) is 5.32 Å². The van der Waals surface area contributed by atoms with E-state index in [0.717, 1.165) is 11.6 Å². The van der Waals surface area contributed by atoms with Gasteiger partial charge in [-0.25, -0.2) is 4.79 Å². The van der Waals surface area contributed by atoms with E-state index in [1.54, 1.807) is 0 Å². The molecule has 0 spiro atoms. The maximum Gasteiger partial charge on any atom is 0.335 e. The second-order valence-corrected chi connectivity index (χ2v) is 5.12.